The number of hydrogen-bond donors (Lipinski definition) is 1. The van der Waals surface area contributed by atoms with Crippen molar-refractivity contribution in [2.75, 3.05) is 27.3 Å². The lowest BCUT2D eigenvalue weighted by atomic mass is 9.91. The number of rotatable bonds is 7. The Kier molecular flexibility index (Phi) is 7.63. The van der Waals surface area contributed by atoms with Gasteiger partial charge >= 0.3 is 6.09 Å². The van der Waals surface area contributed by atoms with Gasteiger partial charge in [-0.25, -0.2) is 4.79 Å². The van der Waals surface area contributed by atoms with E-state index in [2.05, 4.69) is 5.32 Å². The Labute approximate surface area is 187 Å². The molecule has 0 unspecified atom stereocenters. The second-order valence-electron chi connectivity index (χ2n) is 7.26. The largest absolute Gasteiger partial charge is 0.493 e. The number of halogens is 1. The minimum absolute atomic E-state index is 0.167. The number of amides is 2. The monoisotopic (exact) mass is 446 g/mol. The second kappa shape index (κ2) is 10.4. The molecular weight excluding hydrogens is 420 g/mol. The third-order valence-corrected chi connectivity index (χ3v) is 5.47. The Bertz CT molecular complexity index is 920. The van der Waals surface area contributed by atoms with Crippen molar-refractivity contribution in [2.45, 2.75) is 31.4 Å². The summed E-state index contributed by atoms with van der Waals surface area (Å²) in [6, 6.07) is 12.8. The molecule has 2 amide bonds. The zero-order chi connectivity index (χ0) is 22.4. The van der Waals surface area contributed by atoms with E-state index in [0.717, 1.165) is 16.7 Å². The Morgan fingerprint density at radius 2 is 1.84 bits per heavy atom. The maximum absolute atomic E-state index is 12.7. The van der Waals surface area contributed by atoms with E-state index in [-0.39, 0.29) is 19.1 Å². The third-order valence-electron chi connectivity index (χ3n) is 5.28. The van der Waals surface area contributed by atoms with Gasteiger partial charge in [-0.3, -0.25) is 4.79 Å². The normalized spacial score (nSPS) is 16.1. The molecule has 7 nitrogen and oxygen atoms in total. The van der Waals surface area contributed by atoms with Gasteiger partial charge in [0.2, 0.25) is 5.91 Å². The number of nitrogens with zero attached hydrogens (tertiary/aromatic N) is 1. The van der Waals surface area contributed by atoms with E-state index in [1.54, 1.807) is 26.0 Å². The Balaban J connectivity index is 1.78. The smallest absolute Gasteiger partial charge is 0.407 e. The number of ether oxygens (including phenoxy) is 3. The van der Waals surface area contributed by atoms with Gasteiger partial charge in [0.05, 0.1) is 20.3 Å². The van der Waals surface area contributed by atoms with E-state index in [1.165, 1.54) is 0 Å². The van der Waals surface area contributed by atoms with Crippen LogP contribution in [0.15, 0.2) is 42.5 Å². The lowest BCUT2D eigenvalue weighted by Gasteiger charge is -2.38. The lowest BCUT2D eigenvalue weighted by Crippen LogP contribution is -2.47. The van der Waals surface area contributed by atoms with E-state index in [1.807, 2.05) is 42.5 Å². The number of nitrogens with one attached hydrogen (secondary N) is 1. The average Bonchev–Trinajstić information content (AvgIpc) is 2.80. The first-order valence-electron chi connectivity index (χ1n) is 10.1. The van der Waals surface area contributed by atoms with Crippen molar-refractivity contribution in [2.24, 2.45) is 0 Å². The molecule has 2 aromatic carbocycles. The Morgan fingerprint density at radius 3 is 2.48 bits per heavy atom. The molecule has 1 aliphatic heterocycles. The topological polar surface area (TPSA) is 77.1 Å². The summed E-state index contributed by atoms with van der Waals surface area (Å²) in [6.07, 6.45) is 0.0998. The van der Waals surface area contributed by atoms with Gasteiger partial charge in [-0.05, 0) is 42.2 Å². The van der Waals surface area contributed by atoms with Gasteiger partial charge in [0.1, 0.15) is 12.0 Å². The average molecular weight is 447 g/mol. The molecule has 3 rings (SSSR count). The zero-order valence-corrected chi connectivity index (χ0v) is 18.6. The highest BCUT2D eigenvalue weighted by Gasteiger charge is 2.34. The van der Waals surface area contributed by atoms with Gasteiger partial charge in [-0.2, -0.15) is 0 Å². The van der Waals surface area contributed by atoms with Crippen molar-refractivity contribution in [3.63, 3.8) is 0 Å². The Hall–Kier alpha value is -2.93. The first-order chi connectivity index (χ1) is 14.9. The quantitative estimate of drug-likeness (QED) is 0.656. The van der Waals surface area contributed by atoms with Crippen LogP contribution in [0.3, 0.4) is 0 Å². The van der Waals surface area contributed by atoms with Gasteiger partial charge < -0.3 is 24.4 Å². The van der Waals surface area contributed by atoms with Crippen LogP contribution in [0, 0.1) is 0 Å². The molecule has 2 atom stereocenters. The number of carbonyl (C=O) groups excluding carboxylic acids is 2. The fraction of sp³-hybridized carbons (Fsp3) is 0.391. The molecule has 0 saturated carbocycles. The molecule has 1 heterocycles. The van der Waals surface area contributed by atoms with Crippen molar-refractivity contribution in [1.29, 1.82) is 0 Å². The van der Waals surface area contributed by atoms with Crippen LogP contribution >= 0.6 is 11.6 Å². The Morgan fingerprint density at radius 1 is 1.16 bits per heavy atom. The molecule has 0 bridgehead atoms. The highest BCUT2D eigenvalue weighted by molar-refractivity contribution is 6.30. The van der Waals surface area contributed by atoms with E-state index < -0.39 is 17.5 Å². The first kappa shape index (κ1) is 22.7. The van der Waals surface area contributed by atoms with Gasteiger partial charge in [0.15, 0.2) is 11.5 Å². The first-order valence-corrected chi connectivity index (χ1v) is 10.5. The minimum Gasteiger partial charge on any atom is -0.493 e. The lowest BCUT2D eigenvalue weighted by molar-refractivity contribution is -0.133. The van der Waals surface area contributed by atoms with E-state index >= 15 is 0 Å². The highest BCUT2D eigenvalue weighted by atomic mass is 35.5. The molecule has 1 N–H and O–H groups in total. The number of benzene rings is 2. The number of alkyl carbamates (subject to hydrolysis) is 1. The van der Waals surface area contributed by atoms with E-state index in [4.69, 9.17) is 25.8 Å². The number of alkyl halides is 1. The van der Waals surface area contributed by atoms with Crippen LogP contribution in [0.2, 0.25) is 0 Å². The zero-order valence-electron chi connectivity index (χ0n) is 17.9. The summed E-state index contributed by atoms with van der Waals surface area (Å²) >= 11 is 6.09. The summed E-state index contributed by atoms with van der Waals surface area (Å²) < 4.78 is 16.2. The second-order valence-corrected chi connectivity index (χ2v) is 7.92. The van der Waals surface area contributed by atoms with E-state index in [0.29, 0.717) is 24.5 Å². The van der Waals surface area contributed by atoms with Crippen molar-refractivity contribution in [3.05, 3.63) is 59.2 Å². The fourth-order valence-corrected chi connectivity index (χ4v) is 3.82. The van der Waals surface area contributed by atoms with Crippen LogP contribution in [0.4, 0.5) is 4.79 Å². The van der Waals surface area contributed by atoms with Crippen LogP contribution in [-0.4, -0.2) is 49.6 Å². The highest BCUT2D eigenvalue weighted by Crippen LogP contribution is 2.38. The molecule has 2 aromatic rings. The molecule has 166 valence electrons. The molecule has 1 aliphatic rings. The summed E-state index contributed by atoms with van der Waals surface area (Å²) in [6.45, 7) is 2.49. The predicted octanol–water partition coefficient (Wildman–Crippen LogP) is 3.68. The van der Waals surface area contributed by atoms with Crippen molar-refractivity contribution < 1.29 is 23.8 Å². The molecule has 31 heavy (non-hydrogen) atoms. The number of carbonyl (C=O) groups is 2. The van der Waals surface area contributed by atoms with Gasteiger partial charge in [0.25, 0.3) is 0 Å². The third kappa shape index (κ3) is 5.41. The fourth-order valence-electron chi connectivity index (χ4n) is 3.69. The van der Waals surface area contributed by atoms with Crippen molar-refractivity contribution in [3.8, 4) is 11.5 Å². The maximum Gasteiger partial charge on any atom is 0.407 e. The van der Waals surface area contributed by atoms with Crippen LogP contribution in [-0.2, 0) is 22.6 Å². The van der Waals surface area contributed by atoms with Crippen molar-refractivity contribution in [1.82, 2.24) is 10.2 Å². The summed E-state index contributed by atoms with van der Waals surface area (Å²) in [5.74, 6) is 0.999. The summed E-state index contributed by atoms with van der Waals surface area (Å²) in [5, 5.41) is 2.11. The number of fused-ring (bicyclic) bond motifs is 1. The molecule has 0 radical (unpaired) electrons. The molecule has 0 aromatic heterocycles. The summed E-state index contributed by atoms with van der Waals surface area (Å²) in [5.41, 5.74) is 2.82. The van der Waals surface area contributed by atoms with Gasteiger partial charge in [-0.15, -0.1) is 11.6 Å². The molecule has 0 spiro atoms. The standard InChI is InChI=1S/C23H27ClN2O5/c1-15(24)22(27)26-10-9-17-11-20(29-2)21(30-3)12-18(17)19(26)13-25-23(28)31-14-16-7-5-4-6-8-16/h4-8,11-12,15,19H,9-10,13-14H2,1-3H3,(H,25,28)/t15-,19+/m0/s1. The van der Waals surface area contributed by atoms with Crippen LogP contribution < -0.4 is 14.8 Å². The SMILES string of the molecule is COc1cc2c(cc1OC)[C@@H](CNC(=O)OCc1ccccc1)N(C(=O)[C@H](C)Cl)CC2. The van der Waals surface area contributed by atoms with Gasteiger partial charge in [0, 0.05) is 13.1 Å². The van der Waals surface area contributed by atoms with Gasteiger partial charge in [-0.1, -0.05) is 30.3 Å². The molecule has 0 fully saturated rings. The molecule has 8 heteroatoms. The van der Waals surface area contributed by atoms with E-state index in [9.17, 15) is 9.59 Å². The summed E-state index contributed by atoms with van der Waals surface area (Å²) in [4.78, 5) is 26.7. The molecule has 0 aliphatic carbocycles. The number of hydrogen-bond acceptors (Lipinski definition) is 5. The van der Waals surface area contributed by atoms with Crippen LogP contribution in [0.1, 0.15) is 29.7 Å². The molecule has 0 saturated heterocycles. The van der Waals surface area contributed by atoms with Crippen LogP contribution in [0.25, 0.3) is 0 Å². The molecular formula is C23H27ClN2O5. The number of methoxy groups -OCH3 is 2. The predicted molar refractivity (Wildman–Crippen MR) is 118 cm³/mol. The minimum atomic E-state index is -0.672. The summed E-state index contributed by atoms with van der Waals surface area (Å²) in [7, 11) is 3.14. The maximum atomic E-state index is 12.7. The van der Waals surface area contributed by atoms with Crippen LogP contribution in [0.5, 0.6) is 11.5 Å². The van der Waals surface area contributed by atoms with Crippen molar-refractivity contribution >= 4 is 23.6 Å².